The first-order chi connectivity index (χ1) is 9.50. The highest BCUT2D eigenvalue weighted by Crippen LogP contribution is 2.42. The van der Waals surface area contributed by atoms with E-state index in [9.17, 15) is 0 Å². The molecule has 3 rings (SSSR count). The number of hydrogen-bond donors (Lipinski definition) is 0. The Morgan fingerprint density at radius 2 is 2.05 bits per heavy atom. The Morgan fingerprint density at radius 3 is 2.70 bits per heavy atom. The SMILES string of the molecule is CC1(C)CCC(n2c(CCl)nc3ccc(Br)cc32)CC1. The summed E-state index contributed by atoms with van der Waals surface area (Å²) < 4.78 is 3.48. The van der Waals surface area contributed by atoms with Crippen LogP contribution in [0.3, 0.4) is 0 Å². The lowest BCUT2D eigenvalue weighted by Crippen LogP contribution is -2.24. The highest BCUT2D eigenvalue weighted by atomic mass is 79.9. The lowest BCUT2D eigenvalue weighted by molar-refractivity contribution is 0.194. The second kappa shape index (κ2) is 5.34. The van der Waals surface area contributed by atoms with Gasteiger partial charge in [-0.2, -0.15) is 0 Å². The molecule has 0 radical (unpaired) electrons. The number of aromatic nitrogens is 2. The molecule has 0 unspecified atom stereocenters. The Balaban J connectivity index is 2.03. The van der Waals surface area contributed by atoms with Crippen molar-refractivity contribution in [2.24, 2.45) is 5.41 Å². The lowest BCUT2D eigenvalue weighted by atomic mass is 9.75. The van der Waals surface area contributed by atoms with Crippen molar-refractivity contribution in [1.29, 1.82) is 0 Å². The van der Waals surface area contributed by atoms with E-state index in [1.165, 1.54) is 31.2 Å². The average Bonchev–Trinajstić information content (AvgIpc) is 2.76. The van der Waals surface area contributed by atoms with E-state index in [1.807, 2.05) is 6.07 Å². The van der Waals surface area contributed by atoms with Crippen LogP contribution in [0.25, 0.3) is 11.0 Å². The summed E-state index contributed by atoms with van der Waals surface area (Å²) >= 11 is 9.69. The quantitative estimate of drug-likeness (QED) is 0.634. The van der Waals surface area contributed by atoms with Gasteiger partial charge in [-0.15, -0.1) is 11.6 Å². The van der Waals surface area contributed by atoms with Gasteiger partial charge in [0.2, 0.25) is 0 Å². The van der Waals surface area contributed by atoms with E-state index in [0.29, 0.717) is 17.3 Å². The molecular formula is C16H20BrClN2. The van der Waals surface area contributed by atoms with Crippen molar-refractivity contribution in [3.05, 3.63) is 28.5 Å². The van der Waals surface area contributed by atoms with Crippen LogP contribution in [0, 0.1) is 5.41 Å². The van der Waals surface area contributed by atoms with E-state index in [-0.39, 0.29) is 0 Å². The molecule has 1 aromatic heterocycles. The second-order valence-corrected chi connectivity index (χ2v) is 7.74. The minimum Gasteiger partial charge on any atom is -0.324 e. The largest absolute Gasteiger partial charge is 0.324 e. The molecule has 0 bridgehead atoms. The highest BCUT2D eigenvalue weighted by Gasteiger charge is 2.29. The molecule has 0 saturated heterocycles. The van der Waals surface area contributed by atoms with Crippen LogP contribution >= 0.6 is 27.5 Å². The number of benzene rings is 1. The van der Waals surface area contributed by atoms with Crippen molar-refractivity contribution in [2.45, 2.75) is 51.5 Å². The van der Waals surface area contributed by atoms with Gasteiger partial charge >= 0.3 is 0 Å². The summed E-state index contributed by atoms with van der Waals surface area (Å²) in [6, 6.07) is 6.81. The molecule has 1 aliphatic rings. The molecule has 0 spiro atoms. The third-order valence-corrected chi connectivity index (χ3v) is 5.25. The maximum Gasteiger partial charge on any atom is 0.125 e. The summed E-state index contributed by atoms with van der Waals surface area (Å²) in [4.78, 5) is 4.69. The van der Waals surface area contributed by atoms with Gasteiger partial charge in [0.15, 0.2) is 0 Å². The van der Waals surface area contributed by atoms with Gasteiger partial charge < -0.3 is 4.57 Å². The van der Waals surface area contributed by atoms with Crippen molar-refractivity contribution in [1.82, 2.24) is 9.55 Å². The third-order valence-electron chi connectivity index (χ3n) is 4.52. The molecule has 0 atom stereocenters. The topological polar surface area (TPSA) is 17.8 Å². The van der Waals surface area contributed by atoms with Crippen LogP contribution in [-0.2, 0) is 5.88 Å². The van der Waals surface area contributed by atoms with E-state index in [4.69, 9.17) is 16.6 Å². The van der Waals surface area contributed by atoms with Crippen LogP contribution in [0.4, 0.5) is 0 Å². The number of fused-ring (bicyclic) bond motifs is 1. The van der Waals surface area contributed by atoms with Crippen molar-refractivity contribution in [3.8, 4) is 0 Å². The zero-order valence-corrected chi connectivity index (χ0v) is 14.3. The molecule has 4 heteroatoms. The fourth-order valence-electron chi connectivity index (χ4n) is 3.26. The first-order valence-corrected chi connectivity index (χ1v) is 8.55. The molecule has 0 N–H and O–H groups in total. The van der Waals surface area contributed by atoms with Crippen LogP contribution < -0.4 is 0 Å². The first-order valence-electron chi connectivity index (χ1n) is 7.22. The molecule has 1 saturated carbocycles. The molecule has 2 nitrogen and oxygen atoms in total. The van der Waals surface area contributed by atoms with Crippen molar-refractivity contribution < 1.29 is 0 Å². The van der Waals surface area contributed by atoms with Gasteiger partial charge in [-0.25, -0.2) is 4.98 Å². The Labute approximate surface area is 133 Å². The molecule has 1 aliphatic carbocycles. The average molecular weight is 356 g/mol. The van der Waals surface area contributed by atoms with Crippen molar-refractivity contribution >= 4 is 38.6 Å². The van der Waals surface area contributed by atoms with Gasteiger partial charge in [0.25, 0.3) is 0 Å². The Kier molecular flexibility index (Phi) is 3.85. The molecule has 0 amide bonds. The van der Waals surface area contributed by atoms with Gasteiger partial charge in [0.1, 0.15) is 5.82 Å². The molecule has 1 aromatic carbocycles. The summed E-state index contributed by atoms with van der Waals surface area (Å²) in [6.07, 6.45) is 4.98. The maximum atomic E-state index is 6.12. The van der Waals surface area contributed by atoms with E-state index in [0.717, 1.165) is 15.8 Å². The van der Waals surface area contributed by atoms with Gasteiger partial charge in [-0.05, 0) is 49.3 Å². The summed E-state index contributed by atoms with van der Waals surface area (Å²) in [5.41, 5.74) is 2.74. The van der Waals surface area contributed by atoms with E-state index in [1.54, 1.807) is 0 Å². The Hall–Kier alpha value is -0.540. The molecule has 1 fully saturated rings. The fraction of sp³-hybridized carbons (Fsp3) is 0.562. The van der Waals surface area contributed by atoms with Gasteiger partial charge in [0, 0.05) is 10.5 Å². The van der Waals surface area contributed by atoms with Crippen LogP contribution in [-0.4, -0.2) is 9.55 Å². The summed E-state index contributed by atoms with van der Waals surface area (Å²) in [5.74, 6) is 1.48. The number of hydrogen-bond acceptors (Lipinski definition) is 1. The van der Waals surface area contributed by atoms with Crippen LogP contribution in [0.2, 0.25) is 0 Å². The van der Waals surface area contributed by atoms with E-state index in [2.05, 4.69) is 46.5 Å². The molecule has 20 heavy (non-hydrogen) atoms. The molecular weight excluding hydrogens is 336 g/mol. The number of nitrogens with zero attached hydrogens (tertiary/aromatic N) is 2. The van der Waals surface area contributed by atoms with E-state index < -0.39 is 0 Å². The summed E-state index contributed by atoms with van der Waals surface area (Å²) in [6.45, 7) is 4.74. The second-order valence-electron chi connectivity index (χ2n) is 6.56. The zero-order valence-electron chi connectivity index (χ0n) is 12.0. The number of halogens is 2. The number of alkyl halides is 1. The van der Waals surface area contributed by atoms with E-state index >= 15 is 0 Å². The smallest absolute Gasteiger partial charge is 0.125 e. The van der Waals surface area contributed by atoms with Crippen LogP contribution in [0.15, 0.2) is 22.7 Å². The fourth-order valence-corrected chi connectivity index (χ4v) is 3.80. The first kappa shape index (κ1) is 14.4. The number of rotatable bonds is 2. The molecule has 108 valence electrons. The van der Waals surface area contributed by atoms with Gasteiger partial charge in [0.05, 0.1) is 16.9 Å². The predicted molar refractivity (Wildman–Crippen MR) is 88.3 cm³/mol. The Bertz CT molecular complexity index is 623. The third kappa shape index (κ3) is 2.62. The molecule has 1 heterocycles. The summed E-state index contributed by atoms with van der Waals surface area (Å²) in [7, 11) is 0. The van der Waals surface area contributed by atoms with Crippen molar-refractivity contribution in [2.75, 3.05) is 0 Å². The zero-order chi connectivity index (χ0) is 14.3. The number of imidazole rings is 1. The normalized spacial score (nSPS) is 19.6. The standard InChI is InChI=1S/C16H20BrClN2/c1-16(2)7-5-12(6-8-16)20-14-9-11(17)3-4-13(14)19-15(20)10-18/h3-4,9,12H,5-8,10H2,1-2H3. The lowest BCUT2D eigenvalue weighted by Gasteiger charge is -2.35. The Morgan fingerprint density at radius 1 is 1.35 bits per heavy atom. The van der Waals surface area contributed by atoms with Gasteiger partial charge in [-0.3, -0.25) is 0 Å². The minimum absolute atomic E-state index is 0.478. The maximum absolute atomic E-state index is 6.12. The minimum atomic E-state index is 0.478. The van der Waals surface area contributed by atoms with Crippen LogP contribution in [0.1, 0.15) is 51.4 Å². The predicted octanol–water partition coefficient (Wildman–Crippen LogP) is 5.68. The molecule has 2 aromatic rings. The van der Waals surface area contributed by atoms with Gasteiger partial charge in [-0.1, -0.05) is 29.8 Å². The molecule has 0 aliphatic heterocycles. The summed E-state index contributed by atoms with van der Waals surface area (Å²) in [5, 5.41) is 0. The van der Waals surface area contributed by atoms with Crippen LogP contribution in [0.5, 0.6) is 0 Å². The van der Waals surface area contributed by atoms with Crippen molar-refractivity contribution in [3.63, 3.8) is 0 Å². The highest BCUT2D eigenvalue weighted by molar-refractivity contribution is 9.10. The monoisotopic (exact) mass is 354 g/mol.